The van der Waals surface area contributed by atoms with Crippen LogP contribution in [0.1, 0.15) is 11.1 Å². The first-order chi connectivity index (χ1) is 13.6. The topological polar surface area (TPSA) is 81.7 Å². The van der Waals surface area contributed by atoms with Crippen LogP contribution in [0.5, 0.6) is 0 Å². The molecule has 0 amide bonds. The Morgan fingerprint density at radius 1 is 0.690 bits per heavy atom. The summed E-state index contributed by atoms with van der Waals surface area (Å²) >= 11 is 0. The molecule has 0 fully saturated rings. The molecule has 0 saturated carbocycles. The SMILES string of the molecule is N#CC(Cc1cc(F)cc(F)c1)CS(=O)(=O)CC(C#N)Cc1cc(F)cc(F)c1. The highest BCUT2D eigenvalue weighted by Gasteiger charge is 2.24. The van der Waals surface area contributed by atoms with E-state index in [-0.39, 0.29) is 24.0 Å². The van der Waals surface area contributed by atoms with E-state index in [2.05, 4.69) is 0 Å². The Morgan fingerprint density at radius 3 is 1.28 bits per heavy atom. The second-order valence-electron chi connectivity index (χ2n) is 6.69. The summed E-state index contributed by atoms with van der Waals surface area (Å²) in [5.41, 5.74) is 0.271. The first-order valence-electron chi connectivity index (χ1n) is 8.50. The van der Waals surface area contributed by atoms with E-state index in [0.717, 1.165) is 24.3 Å². The van der Waals surface area contributed by atoms with E-state index < -0.39 is 56.4 Å². The average molecular weight is 424 g/mol. The van der Waals surface area contributed by atoms with Crippen LogP contribution in [-0.4, -0.2) is 19.9 Å². The largest absolute Gasteiger partial charge is 0.229 e. The van der Waals surface area contributed by atoms with Crippen LogP contribution in [0.2, 0.25) is 0 Å². The summed E-state index contributed by atoms with van der Waals surface area (Å²) in [6.07, 6.45) is -0.368. The monoisotopic (exact) mass is 424 g/mol. The van der Waals surface area contributed by atoms with Crippen molar-refractivity contribution in [2.45, 2.75) is 12.8 Å². The van der Waals surface area contributed by atoms with E-state index in [1.54, 1.807) is 12.1 Å². The maximum absolute atomic E-state index is 13.3. The molecule has 0 heterocycles. The van der Waals surface area contributed by atoms with Crippen molar-refractivity contribution in [1.29, 1.82) is 10.5 Å². The Hall–Kier alpha value is -2.91. The highest BCUT2D eigenvalue weighted by atomic mass is 32.2. The standard InChI is InChI=1S/C20H16F4N2O2S/c21-17-3-13(4-18(22)7-17)1-15(9-25)11-29(27,28)12-16(10-26)2-14-5-19(23)8-20(24)6-14/h3-8,15-16H,1-2,11-12H2. The van der Waals surface area contributed by atoms with E-state index in [1.807, 2.05) is 0 Å². The van der Waals surface area contributed by atoms with Crippen LogP contribution in [0.4, 0.5) is 17.6 Å². The molecule has 0 radical (unpaired) electrons. The number of benzene rings is 2. The minimum absolute atomic E-state index is 0.135. The quantitative estimate of drug-likeness (QED) is 0.605. The number of rotatable bonds is 8. The third-order valence-electron chi connectivity index (χ3n) is 4.08. The summed E-state index contributed by atoms with van der Waals surface area (Å²) < 4.78 is 77.9. The molecule has 9 heteroatoms. The van der Waals surface area contributed by atoms with Gasteiger partial charge in [0.25, 0.3) is 0 Å². The second kappa shape index (κ2) is 9.53. The van der Waals surface area contributed by atoms with Gasteiger partial charge in [-0.15, -0.1) is 0 Å². The molecular weight excluding hydrogens is 408 g/mol. The van der Waals surface area contributed by atoms with Crippen molar-refractivity contribution in [2.75, 3.05) is 11.5 Å². The lowest BCUT2D eigenvalue weighted by molar-refractivity contribution is 0.565. The minimum Gasteiger partial charge on any atom is -0.229 e. The van der Waals surface area contributed by atoms with Crippen molar-refractivity contribution < 1.29 is 26.0 Å². The van der Waals surface area contributed by atoms with E-state index >= 15 is 0 Å². The molecule has 0 N–H and O–H groups in total. The molecule has 0 aromatic heterocycles. The third-order valence-corrected chi connectivity index (χ3v) is 5.90. The van der Waals surface area contributed by atoms with Crippen LogP contribution in [0.25, 0.3) is 0 Å². The van der Waals surface area contributed by atoms with Gasteiger partial charge in [-0.25, -0.2) is 26.0 Å². The lowest BCUT2D eigenvalue weighted by Crippen LogP contribution is -2.24. The summed E-state index contributed by atoms with van der Waals surface area (Å²) in [4.78, 5) is 0. The van der Waals surface area contributed by atoms with Crippen LogP contribution in [0, 0.1) is 57.8 Å². The normalized spacial score (nSPS) is 13.3. The smallest absolute Gasteiger partial charge is 0.152 e. The number of nitriles is 2. The third kappa shape index (κ3) is 7.20. The molecule has 2 aromatic carbocycles. The highest BCUT2D eigenvalue weighted by molar-refractivity contribution is 7.91. The maximum Gasteiger partial charge on any atom is 0.152 e. The first kappa shape index (κ1) is 22.4. The Morgan fingerprint density at radius 2 is 1.00 bits per heavy atom. The first-order valence-corrected chi connectivity index (χ1v) is 10.3. The van der Waals surface area contributed by atoms with Crippen molar-refractivity contribution in [3.8, 4) is 12.1 Å². The van der Waals surface area contributed by atoms with Crippen molar-refractivity contribution in [2.24, 2.45) is 11.8 Å². The number of halogens is 4. The molecule has 0 aliphatic rings. The lowest BCUT2D eigenvalue weighted by atomic mass is 10.0. The van der Waals surface area contributed by atoms with Gasteiger partial charge in [0.05, 0.1) is 35.5 Å². The van der Waals surface area contributed by atoms with E-state index in [9.17, 15) is 36.5 Å². The average Bonchev–Trinajstić information content (AvgIpc) is 2.58. The van der Waals surface area contributed by atoms with Crippen molar-refractivity contribution in [1.82, 2.24) is 0 Å². The van der Waals surface area contributed by atoms with Gasteiger partial charge in [-0.3, -0.25) is 0 Å². The number of nitrogens with zero attached hydrogens (tertiary/aromatic N) is 2. The highest BCUT2D eigenvalue weighted by Crippen LogP contribution is 2.18. The van der Waals surface area contributed by atoms with Gasteiger partial charge in [0.1, 0.15) is 23.3 Å². The Balaban J connectivity index is 2.07. The van der Waals surface area contributed by atoms with Crippen LogP contribution in [0.15, 0.2) is 36.4 Å². The van der Waals surface area contributed by atoms with E-state index in [0.29, 0.717) is 12.1 Å². The van der Waals surface area contributed by atoms with Crippen molar-refractivity contribution in [3.05, 3.63) is 70.8 Å². The summed E-state index contributed by atoms with van der Waals surface area (Å²) in [6, 6.07) is 8.95. The summed E-state index contributed by atoms with van der Waals surface area (Å²) in [5, 5.41) is 18.5. The van der Waals surface area contributed by atoms with Gasteiger partial charge in [0.15, 0.2) is 9.84 Å². The zero-order chi connectivity index (χ0) is 21.6. The number of hydrogen-bond donors (Lipinski definition) is 0. The molecule has 0 aliphatic heterocycles. The Bertz CT molecular complexity index is 955. The van der Waals surface area contributed by atoms with Crippen molar-refractivity contribution in [3.63, 3.8) is 0 Å². The maximum atomic E-state index is 13.3. The zero-order valence-electron chi connectivity index (χ0n) is 15.1. The molecule has 0 saturated heterocycles. The molecule has 2 aromatic rings. The fourth-order valence-electron chi connectivity index (χ4n) is 2.99. The zero-order valence-corrected chi connectivity index (χ0v) is 15.9. The van der Waals surface area contributed by atoms with Gasteiger partial charge in [-0.1, -0.05) is 0 Å². The van der Waals surface area contributed by atoms with Gasteiger partial charge >= 0.3 is 0 Å². The predicted octanol–water partition coefficient (Wildman–Crippen LogP) is 3.72. The molecule has 0 spiro atoms. The molecule has 29 heavy (non-hydrogen) atoms. The van der Waals surface area contributed by atoms with Crippen LogP contribution in [0.3, 0.4) is 0 Å². The van der Waals surface area contributed by atoms with Gasteiger partial charge < -0.3 is 0 Å². The van der Waals surface area contributed by atoms with Gasteiger partial charge in [-0.05, 0) is 48.2 Å². The van der Waals surface area contributed by atoms with E-state index in [4.69, 9.17) is 0 Å². The molecule has 2 rings (SSSR count). The molecule has 0 aliphatic carbocycles. The van der Waals surface area contributed by atoms with Crippen LogP contribution < -0.4 is 0 Å². The Labute approximate surface area is 165 Å². The molecule has 152 valence electrons. The second-order valence-corrected chi connectivity index (χ2v) is 8.85. The van der Waals surface area contributed by atoms with Gasteiger partial charge in [0.2, 0.25) is 0 Å². The van der Waals surface area contributed by atoms with E-state index in [1.165, 1.54) is 0 Å². The van der Waals surface area contributed by atoms with Crippen molar-refractivity contribution >= 4 is 9.84 Å². The number of sulfone groups is 1. The summed E-state index contributed by atoms with van der Waals surface area (Å²) in [7, 11) is -3.90. The fraction of sp³-hybridized carbons (Fsp3) is 0.300. The molecule has 2 atom stereocenters. The predicted molar refractivity (Wildman–Crippen MR) is 97.0 cm³/mol. The fourth-order valence-corrected chi connectivity index (χ4v) is 4.74. The lowest BCUT2D eigenvalue weighted by Gasteiger charge is -2.13. The van der Waals surface area contributed by atoms with Gasteiger partial charge in [0, 0.05) is 12.1 Å². The summed E-state index contributed by atoms with van der Waals surface area (Å²) in [5.74, 6) is -6.75. The number of hydrogen-bond acceptors (Lipinski definition) is 4. The Kier molecular flexibility index (Phi) is 7.35. The molecular formula is C20H16F4N2O2S. The minimum atomic E-state index is -3.90. The van der Waals surface area contributed by atoms with Crippen LogP contribution in [-0.2, 0) is 22.7 Å². The molecule has 2 unspecified atom stereocenters. The van der Waals surface area contributed by atoms with Gasteiger partial charge in [-0.2, -0.15) is 10.5 Å². The molecule has 0 bridgehead atoms. The molecule has 4 nitrogen and oxygen atoms in total. The van der Waals surface area contributed by atoms with Crippen LogP contribution >= 0.6 is 0 Å². The summed E-state index contributed by atoms with van der Waals surface area (Å²) in [6.45, 7) is 0.